The zero-order valence-electron chi connectivity index (χ0n) is 19.8. The molecular weight excluding hydrogens is 407 g/mol. The number of nitrogens with two attached hydrogens (primary N) is 1. The van der Waals surface area contributed by atoms with Gasteiger partial charge in [0.05, 0.1) is 13.0 Å². The minimum atomic E-state index is -0.297. The van der Waals surface area contributed by atoms with Gasteiger partial charge in [-0.25, -0.2) is 4.39 Å². The van der Waals surface area contributed by atoms with Crippen molar-refractivity contribution >= 4 is 5.91 Å². The molecule has 0 aliphatic heterocycles. The zero-order valence-corrected chi connectivity index (χ0v) is 19.8. The topological polar surface area (TPSA) is 64.8 Å². The van der Waals surface area contributed by atoms with Crippen molar-refractivity contribution in [3.63, 3.8) is 0 Å². The minimum Gasteiger partial charge on any atom is -0.493 e. The summed E-state index contributed by atoms with van der Waals surface area (Å²) in [6, 6.07) is 10.7. The second kappa shape index (κ2) is 13.2. The smallest absolute Gasteiger partial charge is 0.227 e. The number of hydrogen-bond donors (Lipinski definition) is 1. The summed E-state index contributed by atoms with van der Waals surface area (Å²) < 4.78 is 25.8. The average molecular weight is 445 g/mol. The lowest BCUT2D eigenvalue weighted by molar-refractivity contribution is -0.132. The summed E-state index contributed by atoms with van der Waals surface area (Å²) in [4.78, 5) is 14.9. The highest BCUT2D eigenvalue weighted by atomic mass is 19.1. The molecule has 2 N–H and O–H groups in total. The standard InChI is InChI=1S/C26H37FN2O3/c1-5-9-20-16-23(22-10-6-7-11-24(22)27)25(32-15-8-14-31-4)17-21(20)18-26(30)29(13-12-28)19(2)3/h6-7,10-11,16-17,19H,5,8-9,12-15,18,28H2,1-4H3. The molecule has 2 aromatic carbocycles. The highest BCUT2D eigenvalue weighted by molar-refractivity contribution is 5.81. The summed E-state index contributed by atoms with van der Waals surface area (Å²) in [7, 11) is 1.65. The fourth-order valence-corrected chi connectivity index (χ4v) is 3.80. The Bertz CT molecular complexity index is 870. The van der Waals surface area contributed by atoms with Crippen LogP contribution in [0.25, 0.3) is 11.1 Å². The number of rotatable bonds is 13. The molecule has 0 heterocycles. The maximum atomic E-state index is 14.7. The van der Waals surface area contributed by atoms with Crippen LogP contribution in [-0.2, 0) is 22.4 Å². The Morgan fingerprint density at radius 1 is 1.12 bits per heavy atom. The Labute approximate surface area is 191 Å². The van der Waals surface area contributed by atoms with E-state index in [1.54, 1.807) is 24.1 Å². The number of nitrogens with zero attached hydrogens (tertiary/aromatic N) is 1. The Morgan fingerprint density at radius 2 is 1.88 bits per heavy atom. The third-order valence-electron chi connectivity index (χ3n) is 5.39. The first-order valence-corrected chi connectivity index (χ1v) is 11.4. The summed E-state index contributed by atoms with van der Waals surface area (Å²) >= 11 is 0. The Hall–Kier alpha value is -2.44. The Balaban J connectivity index is 2.48. The number of aryl methyl sites for hydroxylation is 1. The van der Waals surface area contributed by atoms with Gasteiger partial charge in [0, 0.05) is 50.4 Å². The lowest BCUT2D eigenvalue weighted by atomic mass is 9.93. The van der Waals surface area contributed by atoms with Gasteiger partial charge >= 0.3 is 0 Å². The van der Waals surface area contributed by atoms with Gasteiger partial charge in [-0.05, 0) is 49.6 Å². The molecule has 0 atom stereocenters. The number of halogens is 1. The molecule has 32 heavy (non-hydrogen) atoms. The van der Waals surface area contributed by atoms with Crippen LogP contribution in [0, 0.1) is 5.82 Å². The van der Waals surface area contributed by atoms with Gasteiger partial charge in [-0.15, -0.1) is 0 Å². The molecule has 0 saturated heterocycles. The molecule has 2 rings (SSSR count). The van der Waals surface area contributed by atoms with Gasteiger partial charge < -0.3 is 20.1 Å². The van der Waals surface area contributed by atoms with Crippen molar-refractivity contribution in [2.45, 2.75) is 52.5 Å². The number of benzene rings is 2. The molecule has 2 aromatic rings. The van der Waals surface area contributed by atoms with Crippen molar-refractivity contribution < 1.29 is 18.7 Å². The third kappa shape index (κ3) is 7.04. The van der Waals surface area contributed by atoms with E-state index in [0.29, 0.717) is 43.2 Å². The quantitative estimate of drug-likeness (QED) is 0.459. The van der Waals surface area contributed by atoms with Gasteiger partial charge in [-0.1, -0.05) is 31.5 Å². The van der Waals surface area contributed by atoms with Crippen molar-refractivity contribution in [1.29, 1.82) is 0 Å². The lowest BCUT2D eigenvalue weighted by Gasteiger charge is -2.27. The van der Waals surface area contributed by atoms with E-state index in [1.807, 2.05) is 32.0 Å². The molecule has 0 spiro atoms. The molecule has 1 amide bonds. The van der Waals surface area contributed by atoms with Crippen LogP contribution in [0.3, 0.4) is 0 Å². The Morgan fingerprint density at radius 3 is 2.50 bits per heavy atom. The van der Waals surface area contributed by atoms with E-state index in [9.17, 15) is 9.18 Å². The van der Waals surface area contributed by atoms with Gasteiger partial charge in [0.1, 0.15) is 11.6 Å². The average Bonchev–Trinajstić information content (AvgIpc) is 2.76. The van der Waals surface area contributed by atoms with Crippen LogP contribution < -0.4 is 10.5 Å². The number of carbonyl (C=O) groups is 1. The number of amides is 1. The molecule has 176 valence electrons. The highest BCUT2D eigenvalue weighted by Crippen LogP contribution is 2.35. The summed E-state index contributed by atoms with van der Waals surface area (Å²) in [5.74, 6) is 0.324. The van der Waals surface area contributed by atoms with E-state index >= 15 is 0 Å². The van der Waals surface area contributed by atoms with Crippen LogP contribution in [0.2, 0.25) is 0 Å². The van der Waals surface area contributed by atoms with E-state index < -0.39 is 0 Å². The second-order valence-corrected chi connectivity index (χ2v) is 8.19. The molecule has 6 heteroatoms. The molecule has 0 fully saturated rings. The van der Waals surface area contributed by atoms with E-state index in [2.05, 4.69) is 6.92 Å². The van der Waals surface area contributed by atoms with E-state index in [-0.39, 0.29) is 24.2 Å². The molecule has 0 bridgehead atoms. The van der Waals surface area contributed by atoms with Crippen molar-refractivity contribution in [1.82, 2.24) is 4.90 Å². The van der Waals surface area contributed by atoms with Crippen LogP contribution in [0.15, 0.2) is 36.4 Å². The van der Waals surface area contributed by atoms with Crippen molar-refractivity contribution in [2.75, 3.05) is 33.4 Å². The summed E-state index contributed by atoms with van der Waals surface area (Å²) in [6.07, 6.45) is 2.70. The van der Waals surface area contributed by atoms with Gasteiger partial charge in [0.15, 0.2) is 0 Å². The molecule has 0 unspecified atom stereocenters. The minimum absolute atomic E-state index is 0.0341. The number of hydrogen-bond acceptors (Lipinski definition) is 4. The SMILES string of the molecule is CCCc1cc(-c2ccccc2F)c(OCCCOC)cc1CC(=O)N(CCN)C(C)C. The highest BCUT2D eigenvalue weighted by Gasteiger charge is 2.21. The van der Waals surface area contributed by atoms with Crippen molar-refractivity contribution in [2.24, 2.45) is 5.73 Å². The molecule has 0 radical (unpaired) electrons. The van der Waals surface area contributed by atoms with Gasteiger partial charge in [-0.3, -0.25) is 4.79 Å². The summed E-state index contributed by atoms with van der Waals surface area (Å²) in [5, 5.41) is 0. The normalized spacial score (nSPS) is 11.1. The fourth-order valence-electron chi connectivity index (χ4n) is 3.80. The molecule has 5 nitrogen and oxygen atoms in total. The van der Waals surface area contributed by atoms with E-state index in [4.69, 9.17) is 15.2 Å². The van der Waals surface area contributed by atoms with Crippen LogP contribution >= 0.6 is 0 Å². The van der Waals surface area contributed by atoms with Crippen LogP contribution in [0.1, 0.15) is 44.7 Å². The first kappa shape index (κ1) is 25.8. The maximum Gasteiger partial charge on any atom is 0.227 e. The van der Waals surface area contributed by atoms with E-state index in [1.165, 1.54) is 6.07 Å². The van der Waals surface area contributed by atoms with Gasteiger partial charge in [0.2, 0.25) is 5.91 Å². The molecule has 0 aromatic heterocycles. The van der Waals surface area contributed by atoms with Crippen LogP contribution in [-0.4, -0.2) is 50.3 Å². The maximum absolute atomic E-state index is 14.7. The van der Waals surface area contributed by atoms with E-state index in [0.717, 1.165) is 30.4 Å². The number of methoxy groups -OCH3 is 1. The largest absolute Gasteiger partial charge is 0.493 e. The second-order valence-electron chi connectivity index (χ2n) is 8.19. The van der Waals surface area contributed by atoms with Gasteiger partial charge in [0.25, 0.3) is 0 Å². The van der Waals surface area contributed by atoms with Gasteiger partial charge in [-0.2, -0.15) is 0 Å². The van der Waals surface area contributed by atoms with Crippen LogP contribution in [0.5, 0.6) is 5.75 Å². The van der Waals surface area contributed by atoms with Crippen molar-refractivity contribution in [3.05, 3.63) is 53.3 Å². The number of carbonyl (C=O) groups excluding carboxylic acids is 1. The monoisotopic (exact) mass is 444 g/mol. The first-order valence-electron chi connectivity index (χ1n) is 11.4. The van der Waals surface area contributed by atoms with Crippen molar-refractivity contribution in [3.8, 4) is 16.9 Å². The molecule has 0 aliphatic rings. The predicted molar refractivity (Wildman–Crippen MR) is 127 cm³/mol. The number of ether oxygens (including phenoxy) is 2. The zero-order chi connectivity index (χ0) is 23.5. The molecule has 0 aliphatic carbocycles. The molecular formula is C26H37FN2O3. The summed E-state index contributed by atoms with van der Waals surface area (Å²) in [6.45, 7) is 8.05. The fraction of sp³-hybridized carbons (Fsp3) is 0.500. The predicted octanol–water partition coefficient (Wildman–Crippen LogP) is 4.60. The first-order chi connectivity index (χ1) is 15.4. The molecule has 0 saturated carbocycles. The summed E-state index contributed by atoms with van der Waals surface area (Å²) in [5.41, 5.74) is 8.89. The van der Waals surface area contributed by atoms with Crippen LogP contribution in [0.4, 0.5) is 4.39 Å². The third-order valence-corrected chi connectivity index (χ3v) is 5.39. The Kier molecular flexibility index (Phi) is 10.6. The lowest BCUT2D eigenvalue weighted by Crippen LogP contribution is -2.41.